The highest BCUT2D eigenvalue weighted by Gasteiger charge is 2.09. The standard InChI is InChI=1S/C14H12BrN3OS/c1-8-5-12(17-7-11(8)15)18-14(19)10-4-2-3-9(6-10)13(16)20/h2-7H,1H3,(H2,16,20)(H,17,18,19). The second-order valence-electron chi connectivity index (χ2n) is 4.22. The van der Waals surface area contributed by atoms with Gasteiger partial charge in [-0.05, 0) is 46.6 Å². The predicted octanol–water partition coefficient (Wildman–Crippen LogP) is 3.04. The molecule has 2 rings (SSSR count). The third-order valence-electron chi connectivity index (χ3n) is 2.70. The average Bonchev–Trinajstić information content (AvgIpc) is 2.43. The molecule has 0 bridgehead atoms. The zero-order valence-corrected chi connectivity index (χ0v) is 13.1. The number of aromatic nitrogens is 1. The van der Waals surface area contributed by atoms with E-state index in [0.717, 1.165) is 10.0 Å². The van der Waals surface area contributed by atoms with Gasteiger partial charge < -0.3 is 11.1 Å². The van der Waals surface area contributed by atoms with Crippen LogP contribution in [-0.2, 0) is 0 Å². The Morgan fingerprint density at radius 2 is 2.05 bits per heavy atom. The molecule has 3 N–H and O–H groups in total. The Labute approximate surface area is 130 Å². The molecule has 102 valence electrons. The minimum absolute atomic E-state index is 0.252. The molecular weight excluding hydrogens is 338 g/mol. The third-order valence-corrected chi connectivity index (χ3v) is 3.76. The van der Waals surface area contributed by atoms with Gasteiger partial charge in [-0.3, -0.25) is 4.79 Å². The van der Waals surface area contributed by atoms with Crippen LogP contribution in [0, 0.1) is 6.92 Å². The molecule has 0 fully saturated rings. The molecule has 0 aliphatic heterocycles. The van der Waals surface area contributed by atoms with Gasteiger partial charge in [-0.2, -0.15) is 0 Å². The molecule has 0 unspecified atom stereocenters. The number of nitrogens with zero attached hydrogens (tertiary/aromatic N) is 1. The molecule has 2 aromatic rings. The fraction of sp³-hybridized carbons (Fsp3) is 0.0714. The van der Waals surface area contributed by atoms with Crippen molar-refractivity contribution in [1.82, 2.24) is 4.98 Å². The summed E-state index contributed by atoms with van der Waals surface area (Å²) in [7, 11) is 0. The van der Waals surface area contributed by atoms with Crippen molar-refractivity contribution in [2.24, 2.45) is 5.73 Å². The van der Waals surface area contributed by atoms with Gasteiger partial charge in [-0.25, -0.2) is 4.98 Å². The number of nitrogens with one attached hydrogen (secondary N) is 1. The quantitative estimate of drug-likeness (QED) is 0.835. The zero-order chi connectivity index (χ0) is 14.7. The molecule has 0 saturated carbocycles. The van der Waals surface area contributed by atoms with E-state index in [1.807, 2.05) is 6.92 Å². The van der Waals surface area contributed by atoms with Crippen LogP contribution in [0.25, 0.3) is 0 Å². The fourth-order valence-electron chi connectivity index (χ4n) is 1.61. The number of aryl methyl sites for hydroxylation is 1. The zero-order valence-electron chi connectivity index (χ0n) is 10.7. The maximum Gasteiger partial charge on any atom is 0.256 e. The van der Waals surface area contributed by atoms with E-state index < -0.39 is 0 Å². The molecular formula is C14H12BrN3OS. The van der Waals surface area contributed by atoms with Crippen molar-refractivity contribution in [2.75, 3.05) is 5.32 Å². The van der Waals surface area contributed by atoms with Gasteiger partial charge in [0.2, 0.25) is 0 Å². The van der Waals surface area contributed by atoms with Crippen LogP contribution in [0.5, 0.6) is 0 Å². The molecule has 1 amide bonds. The number of benzene rings is 1. The summed E-state index contributed by atoms with van der Waals surface area (Å²) in [6.07, 6.45) is 1.65. The van der Waals surface area contributed by atoms with Crippen LogP contribution in [-0.4, -0.2) is 15.9 Å². The number of halogens is 1. The fourth-order valence-corrected chi connectivity index (χ4v) is 1.95. The molecule has 0 atom stereocenters. The lowest BCUT2D eigenvalue weighted by Gasteiger charge is -2.07. The number of nitrogens with two attached hydrogens (primary N) is 1. The molecule has 20 heavy (non-hydrogen) atoms. The van der Waals surface area contributed by atoms with Gasteiger partial charge in [0.25, 0.3) is 5.91 Å². The van der Waals surface area contributed by atoms with Crippen molar-refractivity contribution in [2.45, 2.75) is 6.92 Å². The third kappa shape index (κ3) is 3.40. The van der Waals surface area contributed by atoms with Gasteiger partial charge in [0.15, 0.2) is 0 Å². The van der Waals surface area contributed by atoms with Gasteiger partial charge >= 0.3 is 0 Å². The number of carbonyl (C=O) groups excluding carboxylic acids is 1. The molecule has 0 saturated heterocycles. The molecule has 1 heterocycles. The summed E-state index contributed by atoms with van der Waals surface area (Å²) >= 11 is 8.26. The highest BCUT2D eigenvalue weighted by molar-refractivity contribution is 9.10. The second-order valence-corrected chi connectivity index (χ2v) is 5.51. The minimum Gasteiger partial charge on any atom is -0.389 e. The molecule has 1 aromatic heterocycles. The first kappa shape index (κ1) is 14.6. The molecule has 0 radical (unpaired) electrons. The minimum atomic E-state index is -0.252. The van der Waals surface area contributed by atoms with E-state index in [1.54, 1.807) is 36.5 Å². The first-order chi connectivity index (χ1) is 9.47. The van der Waals surface area contributed by atoms with Crippen LogP contribution in [0.3, 0.4) is 0 Å². The van der Waals surface area contributed by atoms with Crippen molar-refractivity contribution in [1.29, 1.82) is 0 Å². The number of thiocarbonyl (C=S) groups is 1. The summed E-state index contributed by atoms with van der Waals surface area (Å²) < 4.78 is 0.894. The predicted molar refractivity (Wildman–Crippen MR) is 87.0 cm³/mol. The van der Waals surface area contributed by atoms with Crippen LogP contribution in [0.4, 0.5) is 5.82 Å². The van der Waals surface area contributed by atoms with Gasteiger partial charge in [0.05, 0.1) is 0 Å². The monoisotopic (exact) mass is 349 g/mol. The molecule has 6 heteroatoms. The summed E-state index contributed by atoms with van der Waals surface area (Å²) in [6, 6.07) is 8.65. The van der Waals surface area contributed by atoms with E-state index in [2.05, 4.69) is 26.2 Å². The van der Waals surface area contributed by atoms with E-state index in [-0.39, 0.29) is 10.9 Å². The van der Waals surface area contributed by atoms with E-state index in [0.29, 0.717) is 16.9 Å². The molecule has 0 aliphatic carbocycles. The maximum atomic E-state index is 12.1. The normalized spacial score (nSPS) is 10.1. The Bertz CT molecular complexity index is 688. The van der Waals surface area contributed by atoms with Crippen LogP contribution < -0.4 is 11.1 Å². The number of carbonyl (C=O) groups is 1. The van der Waals surface area contributed by atoms with Crippen LogP contribution in [0.1, 0.15) is 21.5 Å². The lowest BCUT2D eigenvalue weighted by atomic mass is 10.1. The summed E-state index contributed by atoms with van der Waals surface area (Å²) in [6.45, 7) is 1.93. The smallest absolute Gasteiger partial charge is 0.256 e. The Morgan fingerprint density at radius 3 is 2.70 bits per heavy atom. The van der Waals surface area contributed by atoms with E-state index in [9.17, 15) is 4.79 Å². The van der Waals surface area contributed by atoms with Crippen molar-refractivity contribution in [3.63, 3.8) is 0 Å². The van der Waals surface area contributed by atoms with Crippen LogP contribution in [0.15, 0.2) is 41.0 Å². The summed E-state index contributed by atoms with van der Waals surface area (Å²) in [4.78, 5) is 16.5. The maximum absolute atomic E-state index is 12.1. The van der Waals surface area contributed by atoms with Crippen molar-refractivity contribution in [3.8, 4) is 0 Å². The van der Waals surface area contributed by atoms with Crippen LogP contribution in [0.2, 0.25) is 0 Å². The van der Waals surface area contributed by atoms with E-state index in [1.165, 1.54) is 0 Å². The number of rotatable bonds is 3. The second kappa shape index (κ2) is 6.11. The number of anilines is 1. The van der Waals surface area contributed by atoms with Gasteiger partial charge in [-0.1, -0.05) is 24.4 Å². The van der Waals surface area contributed by atoms with Crippen molar-refractivity contribution < 1.29 is 4.79 Å². The highest BCUT2D eigenvalue weighted by atomic mass is 79.9. The van der Waals surface area contributed by atoms with E-state index in [4.69, 9.17) is 18.0 Å². The number of hydrogen-bond donors (Lipinski definition) is 2. The molecule has 0 spiro atoms. The number of hydrogen-bond acceptors (Lipinski definition) is 3. The Balaban J connectivity index is 2.21. The first-order valence-corrected chi connectivity index (χ1v) is 7.01. The Hall–Kier alpha value is -1.79. The SMILES string of the molecule is Cc1cc(NC(=O)c2cccc(C(N)=S)c2)ncc1Br. The van der Waals surface area contributed by atoms with Crippen LogP contribution >= 0.6 is 28.1 Å². The largest absolute Gasteiger partial charge is 0.389 e. The van der Waals surface area contributed by atoms with Gasteiger partial charge in [0, 0.05) is 21.8 Å². The summed E-state index contributed by atoms with van der Waals surface area (Å²) in [5.41, 5.74) is 7.69. The van der Waals surface area contributed by atoms with Crippen molar-refractivity contribution in [3.05, 3.63) is 57.7 Å². The Kier molecular flexibility index (Phi) is 4.46. The van der Waals surface area contributed by atoms with E-state index >= 15 is 0 Å². The lowest BCUT2D eigenvalue weighted by molar-refractivity contribution is 0.102. The number of pyridine rings is 1. The number of amides is 1. The summed E-state index contributed by atoms with van der Waals surface area (Å²) in [5, 5.41) is 2.74. The average molecular weight is 350 g/mol. The highest BCUT2D eigenvalue weighted by Crippen LogP contribution is 2.17. The first-order valence-electron chi connectivity index (χ1n) is 5.81. The lowest BCUT2D eigenvalue weighted by Crippen LogP contribution is -2.15. The molecule has 1 aromatic carbocycles. The van der Waals surface area contributed by atoms with Gasteiger partial charge in [-0.15, -0.1) is 0 Å². The molecule has 4 nitrogen and oxygen atoms in total. The molecule has 0 aliphatic rings. The van der Waals surface area contributed by atoms with Crippen molar-refractivity contribution >= 4 is 44.9 Å². The Morgan fingerprint density at radius 1 is 1.35 bits per heavy atom. The summed E-state index contributed by atoms with van der Waals surface area (Å²) in [5.74, 6) is 0.244. The topological polar surface area (TPSA) is 68.0 Å². The van der Waals surface area contributed by atoms with Gasteiger partial charge in [0.1, 0.15) is 10.8 Å².